The summed E-state index contributed by atoms with van der Waals surface area (Å²) >= 11 is 9.22. The number of carbonyl (C=O) groups excluding carboxylic acids is 1. The van der Waals surface area contributed by atoms with Crippen molar-refractivity contribution in [2.45, 2.75) is 24.7 Å². The van der Waals surface area contributed by atoms with E-state index < -0.39 is 24.2 Å². The Hall–Kier alpha value is -2.52. The van der Waals surface area contributed by atoms with Crippen LogP contribution in [0.2, 0.25) is 5.02 Å². The Morgan fingerprint density at radius 2 is 1.93 bits per heavy atom. The SMILES string of the molecule is O=C(Nc1cccc(Cl)c1)c1cc2n(n1)[C@@H](C(F)(F)F)C[C@@H](c1ccc(Br)cc1)N2. The molecule has 30 heavy (non-hydrogen) atoms. The maximum absolute atomic E-state index is 13.8. The molecule has 2 atom stereocenters. The molecule has 0 radical (unpaired) electrons. The fourth-order valence-corrected chi connectivity index (χ4v) is 3.81. The lowest BCUT2D eigenvalue weighted by Crippen LogP contribution is -2.35. The Morgan fingerprint density at radius 1 is 1.20 bits per heavy atom. The number of nitrogens with zero attached hydrogens (tertiary/aromatic N) is 2. The Morgan fingerprint density at radius 3 is 2.60 bits per heavy atom. The largest absolute Gasteiger partial charge is 0.410 e. The summed E-state index contributed by atoms with van der Waals surface area (Å²) in [4.78, 5) is 12.5. The van der Waals surface area contributed by atoms with Crippen molar-refractivity contribution in [3.05, 3.63) is 75.4 Å². The van der Waals surface area contributed by atoms with Crippen molar-refractivity contribution in [2.75, 3.05) is 10.6 Å². The minimum atomic E-state index is -4.52. The average molecular weight is 500 g/mol. The molecule has 0 bridgehead atoms. The Labute approximate surface area is 183 Å². The quantitative estimate of drug-likeness (QED) is 0.450. The van der Waals surface area contributed by atoms with Gasteiger partial charge in [-0.05, 0) is 35.9 Å². The van der Waals surface area contributed by atoms with E-state index in [4.69, 9.17) is 11.6 Å². The van der Waals surface area contributed by atoms with Crippen LogP contribution in [-0.2, 0) is 0 Å². The highest BCUT2D eigenvalue weighted by Gasteiger charge is 2.46. The molecular formula is C20H15BrClF3N4O. The van der Waals surface area contributed by atoms with Gasteiger partial charge in [-0.25, -0.2) is 4.68 Å². The standard InChI is InChI=1S/C20H15BrClF3N4O/c21-12-6-4-11(5-7-12)15-9-17(20(23,24)25)29-18(27-15)10-16(28-29)19(30)26-14-3-1-2-13(22)8-14/h1-8,10,15,17,27H,9H2,(H,26,30)/t15-,17+/m0/s1. The van der Waals surface area contributed by atoms with Gasteiger partial charge in [0.2, 0.25) is 0 Å². The second-order valence-electron chi connectivity index (χ2n) is 6.87. The zero-order valence-electron chi connectivity index (χ0n) is 15.3. The van der Waals surface area contributed by atoms with E-state index in [0.29, 0.717) is 16.3 Å². The molecular weight excluding hydrogens is 485 g/mol. The van der Waals surface area contributed by atoms with Crippen LogP contribution in [0.25, 0.3) is 0 Å². The number of rotatable bonds is 3. The second kappa shape index (κ2) is 7.96. The first kappa shape index (κ1) is 20.7. The predicted molar refractivity (Wildman–Crippen MR) is 112 cm³/mol. The van der Waals surface area contributed by atoms with Crippen LogP contribution in [0.5, 0.6) is 0 Å². The first-order valence-electron chi connectivity index (χ1n) is 8.96. The van der Waals surface area contributed by atoms with Crippen LogP contribution in [0.15, 0.2) is 59.1 Å². The minimum Gasteiger partial charge on any atom is -0.363 e. The van der Waals surface area contributed by atoms with Gasteiger partial charge in [-0.2, -0.15) is 18.3 Å². The molecule has 5 nitrogen and oxygen atoms in total. The molecule has 156 valence electrons. The van der Waals surface area contributed by atoms with Crippen molar-refractivity contribution >= 4 is 44.9 Å². The summed E-state index contributed by atoms with van der Waals surface area (Å²) in [5.41, 5.74) is 1.01. The maximum Gasteiger partial charge on any atom is 0.410 e. The molecule has 4 rings (SSSR count). The third kappa shape index (κ3) is 4.32. The summed E-state index contributed by atoms with van der Waals surface area (Å²) in [7, 11) is 0. The number of anilines is 2. The lowest BCUT2D eigenvalue weighted by Gasteiger charge is -2.33. The molecule has 2 aromatic carbocycles. The summed E-state index contributed by atoms with van der Waals surface area (Å²) in [5, 5.41) is 10.0. The van der Waals surface area contributed by atoms with Gasteiger partial charge in [0, 0.05) is 27.7 Å². The van der Waals surface area contributed by atoms with Gasteiger partial charge in [-0.3, -0.25) is 4.79 Å². The van der Waals surface area contributed by atoms with Crippen LogP contribution in [0.1, 0.15) is 34.6 Å². The van der Waals surface area contributed by atoms with Crippen molar-refractivity contribution in [3.8, 4) is 0 Å². The van der Waals surface area contributed by atoms with E-state index >= 15 is 0 Å². The molecule has 0 saturated heterocycles. The molecule has 0 spiro atoms. The van der Waals surface area contributed by atoms with Gasteiger partial charge in [0.1, 0.15) is 5.82 Å². The van der Waals surface area contributed by atoms with Gasteiger partial charge in [0.05, 0.1) is 6.04 Å². The van der Waals surface area contributed by atoms with Crippen molar-refractivity contribution in [2.24, 2.45) is 0 Å². The molecule has 0 unspecified atom stereocenters. The zero-order chi connectivity index (χ0) is 21.5. The number of alkyl halides is 3. The van der Waals surface area contributed by atoms with E-state index in [0.717, 1.165) is 9.15 Å². The zero-order valence-corrected chi connectivity index (χ0v) is 17.6. The molecule has 1 aliphatic rings. The third-order valence-electron chi connectivity index (χ3n) is 4.78. The Bertz CT molecular complexity index is 1080. The molecule has 1 aliphatic heterocycles. The van der Waals surface area contributed by atoms with E-state index in [2.05, 4.69) is 31.7 Å². The smallest absolute Gasteiger partial charge is 0.363 e. The van der Waals surface area contributed by atoms with Crippen LogP contribution in [-0.4, -0.2) is 21.9 Å². The molecule has 3 aromatic rings. The minimum absolute atomic E-state index is 0.122. The second-order valence-corrected chi connectivity index (χ2v) is 8.22. The number of halogens is 5. The Kier molecular flexibility index (Phi) is 5.50. The number of benzene rings is 2. The molecule has 2 heterocycles. The van der Waals surface area contributed by atoms with E-state index in [1.807, 2.05) is 0 Å². The lowest BCUT2D eigenvalue weighted by molar-refractivity contribution is -0.173. The van der Waals surface area contributed by atoms with Gasteiger partial charge < -0.3 is 10.6 Å². The van der Waals surface area contributed by atoms with E-state index in [-0.39, 0.29) is 17.9 Å². The summed E-state index contributed by atoms with van der Waals surface area (Å²) in [6.07, 6.45) is -4.76. The highest BCUT2D eigenvalue weighted by atomic mass is 79.9. The normalized spacial score (nSPS) is 18.4. The summed E-state index contributed by atoms with van der Waals surface area (Å²) in [5.74, 6) is -0.491. The first-order valence-corrected chi connectivity index (χ1v) is 10.1. The lowest BCUT2D eigenvalue weighted by atomic mass is 9.97. The number of carbonyl (C=O) groups is 1. The molecule has 10 heteroatoms. The van der Waals surface area contributed by atoms with Crippen molar-refractivity contribution in [1.29, 1.82) is 0 Å². The highest BCUT2D eigenvalue weighted by Crippen LogP contribution is 2.43. The first-order chi connectivity index (χ1) is 14.2. The maximum atomic E-state index is 13.8. The summed E-state index contributed by atoms with van der Waals surface area (Å²) in [6, 6.07) is 12.4. The monoisotopic (exact) mass is 498 g/mol. The number of aromatic nitrogens is 2. The van der Waals surface area contributed by atoms with E-state index in [9.17, 15) is 18.0 Å². The predicted octanol–water partition coefficient (Wildman–Crippen LogP) is 6.21. The summed E-state index contributed by atoms with van der Waals surface area (Å²) < 4.78 is 43.0. The van der Waals surface area contributed by atoms with Crippen LogP contribution >= 0.6 is 27.5 Å². The van der Waals surface area contributed by atoms with Crippen LogP contribution < -0.4 is 10.6 Å². The molecule has 0 aliphatic carbocycles. The van der Waals surface area contributed by atoms with Gasteiger partial charge in [-0.15, -0.1) is 0 Å². The molecule has 1 amide bonds. The van der Waals surface area contributed by atoms with Crippen LogP contribution in [0, 0.1) is 0 Å². The fourth-order valence-electron chi connectivity index (χ4n) is 3.36. The van der Waals surface area contributed by atoms with Crippen molar-refractivity contribution < 1.29 is 18.0 Å². The average Bonchev–Trinajstić information content (AvgIpc) is 3.11. The van der Waals surface area contributed by atoms with Crippen LogP contribution in [0.3, 0.4) is 0 Å². The topological polar surface area (TPSA) is 59.0 Å². The number of amides is 1. The highest BCUT2D eigenvalue weighted by molar-refractivity contribution is 9.10. The van der Waals surface area contributed by atoms with Crippen LogP contribution in [0.4, 0.5) is 24.7 Å². The van der Waals surface area contributed by atoms with Gasteiger partial charge in [0.25, 0.3) is 5.91 Å². The van der Waals surface area contributed by atoms with Gasteiger partial charge in [-0.1, -0.05) is 45.7 Å². The Balaban J connectivity index is 1.64. The van der Waals surface area contributed by atoms with Crippen molar-refractivity contribution in [3.63, 3.8) is 0 Å². The van der Waals surface area contributed by atoms with E-state index in [1.165, 1.54) is 12.1 Å². The number of hydrogen-bond donors (Lipinski definition) is 2. The number of fused-ring (bicyclic) bond motifs is 1. The third-order valence-corrected chi connectivity index (χ3v) is 5.54. The van der Waals surface area contributed by atoms with Gasteiger partial charge in [0.15, 0.2) is 11.7 Å². The molecule has 1 aromatic heterocycles. The number of hydrogen-bond acceptors (Lipinski definition) is 3. The van der Waals surface area contributed by atoms with Gasteiger partial charge >= 0.3 is 6.18 Å². The van der Waals surface area contributed by atoms with Crippen molar-refractivity contribution in [1.82, 2.24) is 9.78 Å². The molecule has 0 fully saturated rings. The molecule has 2 N–H and O–H groups in total. The summed E-state index contributed by atoms with van der Waals surface area (Å²) in [6.45, 7) is 0. The van der Waals surface area contributed by atoms with E-state index in [1.54, 1.807) is 42.5 Å². The fraction of sp³-hybridized carbons (Fsp3) is 0.200. The molecule has 0 saturated carbocycles. The number of nitrogens with one attached hydrogen (secondary N) is 2.